The smallest absolute Gasteiger partial charge is 0.434 e. The van der Waals surface area contributed by atoms with Crippen molar-refractivity contribution in [1.29, 1.82) is 0 Å². The van der Waals surface area contributed by atoms with Crippen LogP contribution in [0.5, 0.6) is 0 Å². The normalized spacial score (nSPS) is 24.7. The summed E-state index contributed by atoms with van der Waals surface area (Å²) >= 11 is 0. The molecule has 19 heavy (non-hydrogen) atoms. The van der Waals surface area contributed by atoms with Gasteiger partial charge in [0.1, 0.15) is 0 Å². The van der Waals surface area contributed by atoms with E-state index in [2.05, 4.69) is 12.2 Å². The summed E-state index contributed by atoms with van der Waals surface area (Å²) < 4.78 is 10.5. The Balaban J connectivity index is 1.57. The maximum absolute atomic E-state index is 11.6. The molecule has 0 aliphatic heterocycles. The minimum atomic E-state index is -0.473. The molecule has 0 radical (unpaired) electrons. The molecule has 0 aromatic rings. The molecule has 0 aromatic carbocycles. The Morgan fingerprint density at radius 2 is 1.58 bits per heavy atom. The zero-order valence-corrected chi connectivity index (χ0v) is 11.8. The van der Waals surface area contributed by atoms with Crippen LogP contribution in [0, 0.1) is 11.8 Å². The average molecular weight is 266 g/mol. The molecule has 1 fully saturated rings. The molecular weight excluding hydrogens is 240 g/mol. The minimum absolute atomic E-state index is 0.473. The van der Waals surface area contributed by atoms with Crippen LogP contribution in [0.15, 0.2) is 12.2 Å². The largest absolute Gasteiger partial charge is 0.508 e. The van der Waals surface area contributed by atoms with E-state index in [1.165, 1.54) is 38.5 Å². The molecule has 2 aliphatic carbocycles. The third-order valence-corrected chi connectivity index (χ3v) is 4.22. The lowest BCUT2D eigenvalue weighted by Crippen LogP contribution is -2.19. The molecular formula is C16H26O3. The minimum Gasteiger partial charge on any atom is -0.434 e. The van der Waals surface area contributed by atoms with Gasteiger partial charge in [-0.2, -0.15) is 0 Å². The van der Waals surface area contributed by atoms with Crippen LogP contribution in [0.3, 0.4) is 0 Å². The predicted molar refractivity (Wildman–Crippen MR) is 75.0 cm³/mol. The van der Waals surface area contributed by atoms with E-state index in [1.54, 1.807) is 0 Å². The number of rotatable bonds is 4. The molecule has 0 N–H and O–H groups in total. The van der Waals surface area contributed by atoms with Crippen molar-refractivity contribution in [1.82, 2.24) is 0 Å². The highest BCUT2D eigenvalue weighted by Gasteiger charge is 2.17. The molecule has 0 spiro atoms. The third-order valence-electron chi connectivity index (χ3n) is 4.22. The molecule has 0 heterocycles. The van der Waals surface area contributed by atoms with Crippen molar-refractivity contribution in [3.63, 3.8) is 0 Å². The second-order valence-corrected chi connectivity index (χ2v) is 5.88. The number of ether oxygens (including phenoxy) is 2. The van der Waals surface area contributed by atoms with E-state index in [0.717, 1.165) is 19.3 Å². The number of carbonyl (C=O) groups is 1. The topological polar surface area (TPSA) is 35.5 Å². The number of carbonyl (C=O) groups excluding carboxylic acids is 1. The summed E-state index contributed by atoms with van der Waals surface area (Å²) in [4.78, 5) is 11.6. The van der Waals surface area contributed by atoms with Crippen molar-refractivity contribution in [2.45, 2.75) is 57.8 Å². The SMILES string of the molecule is O=C(OCC1CC=CCCC1)OCC1CCCCC1. The fourth-order valence-electron chi connectivity index (χ4n) is 2.97. The first kappa shape index (κ1) is 14.4. The van der Waals surface area contributed by atoms with E-state index >= 15 is 0 Å². The molecule has 0 saturated heterocycles. The Labute approximate surface area is 116 Å². The standard InChI is InChI=1S/C16H26O3/c17-16(19-13-15-10-6-3-7-11-15)18-12-14-8-4-1-2-5-9-14/h1,4,14-15H,2-3,5-13H2. The lowest BCUT2D eigenvalue weighted by atomic mass is 9.90. The second kappa shape index (κ2) is 8.23. The predicted octanol–water partition coefficient (Wildman–Crippen LogP) is 4.47. The van der Waals surface area contributed by atoms with E-state index in [-0.39, 0.29) is 0 Å². The van der Waals surface area contributed by atoms with Crippen LogP contribution < -0.4 is 0 Å². The van der Waals surface area contributed by atoms with Gasteiger partial charge in [-0.1, -0.05) is 31.4 Å². The van der Waals surface area contributed by atoms with Crippen molar-refractivity contribution in [2.24, 2.45) is 11.8 Å². The Morgan fingerprint density at radius 1 is 0.895 bits per heavy atom. The fourth-order valence-corrected chi connectivity index (χ4v) is 2.97. The van der Waals surface area contributed by atoms with E-state index < -0.39 is 6.16 Å². The highest BCUT2D eigenvalue weighted by Crippen LogP contribution is 2.24. The lowest BCUT2D eigenvalue weighted by molar-refractivity contribution is 0.0300. The van der Waals surface area contributed by atoms with Crippen molar-refractivity contribution in [3.8, 4) is 0 Å². The molecule has 1 saturated carbocycles. The first-order valence-electron chi connectivity index (χ1n) is 7.79. The van der Waals surface area contributed by atoms with Gasteiger partial charge in [-0.25, -0.2) is 4.79 Å². The van der Waals surface area contributed by atoms with E-state index in [1.807, 2.05) is 0 Å². The van der Waals surface area contributed by atoms with E-state index in [9.17, 15) is 4.79 Å². The summed E-state index contributed by atoms with van der Waals surface area (Å²) in [7, 11) is 0. The molecule has 0 bridgehead atoms. The second-order valence-electron chi connectivity index (χ2n) is 5.88. The molecule has 3 heteroatoms. The first-order chi connectivity index (χ1) is 9.34. The molecule has 2 rings (SSSR count). The Morgan fingerprint density at radius 3 is 2.37 bits per heavy atom. The molecule has 3 nitrogen and oxygen atoms in total. The van der Waals surface area contributed by atoms with E-state index in [4.69, 9.17) is 9.47 Å². The van der Waals surface area contributed by atoms with Gasteiger partial charge in [0.05, 0.1) is 13.2 Å². The van der Waals surface area contributed by atoms with Crippen LogP contribution in [0.4, 0.5) is 4.79 Å². The Hall–Kier alpha value is -0.990. The van der Waals surface area contributed by atoms with Gasteiger partial charge in [0.2, 0.25) is 0 Å². The van der Waals surface area contributed by atoms with Crippen molar-refractivity contribution in [2.75, 3.05) is 13.2 Å². The summed E-state index contributed by atoms with van der Waals surface area (Å²) in [5.74, 6) is 1.03. The molecule has 1 atom stereocenters. The summed E-state index contributed by atoms with van der Waals surface area (Å²) in [5.41, 5.74) is 0. The van der Waals surface area contributed by atoms with Crippen LogP contribution in [0.1, 0.15) is 57.8 Å². The van der Waals surface area contributed by atoms with Crippen LogP contribution in [-0.4, -0.2) is 19.4 Å². The van der Waals surface area contributed by atoms with Crippen molar-refractivity contribution >= 4 is 6.16 Å². The fraction of sp³-hybridized carbons (Fsp3) is 0.812. The van der Waals surface area contributed by atoms with Crippen molar-refractivity contribution in [3.05, 3.63) is 12.2 Å². The monoisotopic (exact) mass is 266 g/mol. The molecule has 1 unspecified atom stereocenters. The van der Waals surface area contributed by atoms with Gasteiger partial charge in [0, 0.05) is 0 Å². The zero-order valence-electron chi connectivity index (χ0n) is 11.8. The van der Waals surface area contributed by atoms with Crippen LogP contribution in [0.2, 0.25) is 0 Å². The summed E-state index contributed by atoms with van der Waals surface area (Å²) in [5, 5.41) is 0. The molecule has 0 amide bonds. The quantitative estimate of drug-likeness (QED) is 0.556. The van der Waals surface area contributed by atoms with Gasteiger partial charge >= 0.3 is 6.16 Å². The third kappa shape index (κ3) is 5.66. The van der Waals surface area contributed by atoms with Gasteiger partial charge in [-0.15, -0.1) is 0 Å². The summed E-state index contributed by atoms with van der Waals surface area (Å²) in [6.45, 7) is 1.05. The Bertz CT molecular complexity index is 292. The zero-order chi connectivity index (χ0) is 13.3. The first-order valence-corrected chi connectivity index (χ1v) is 7.79. The molecule has 0 aromatic heterocycles. The summed E-state index contributed by atoms with van der Waals surface area (Å²) in [6.07, 6.45) is 14.7. The van der Waals surface area contributed by atoms with Gasteiger partial charge in [-0.3, -0.25) is 0 Å². The highest BCUT2D eigenvalue weighted by atomic mass is 16.7. The summed E-state index contributed by atoms with van der Waals surface area (Å²) in [6, 6.07) is 0. The maximum Gasteiger partial charge on any atom is 0.508 e. The number of hydrogen-bond acceptors (Lipinski definition) is 3. The van der Waals surface area contributed by atoms with Gasteiger partial charge in [-0.05, 0) is 50.4 Å². The van der Waals surface area contributed by atoms with E-state index in [0.29, 0.717) is 25.0 Å². The maximum atomic E-state index is 11.6. The van der Waals surface area contributed by atoms with Crippen LogP contribution in [-0.2, 0) is 9.47 Å². The van der Waals surface area contributed by atoms with Crippen LogP contribution in [0.25, 0.3) is 0 Å². The average Bonchev–Trinajstić information content (AvgIpc) is 2.73. The Kier molecular flexibility index (Phi) is 6.25. The van der Waals surface area contributed by atoms with Crippen LogP contribution >= 0.6 is 0 Å². The molecule has 108 valence electrons. The van der Waals surface area contributed by atoms with Gasteiger partial charge < -0.3 is 9.47 Å². The molecule has 2 aliphatic rings. The van der Waals surface area contributed by atoms with Gasteiger partial charge in [0.15, 0.2) is 0 Å². The lowest BCUT2D eigenvalue weighted by Gasteiger charge is -2.21. The van der Waals surface area contributed by atoms with Gasteiger partial charge in [0.25, 0.3) is 0 Å². The van der Waals surface area contributed by atoms with Crippen molar-refractivity contribution < 1.29 is 14.3 Å². The number of hydrogen-bond donors (Lipinski definition) is 0. The number of allylic oxidation sites excluding steroid dienone is 2. The highest BCUT2D eigenvalue weighted by molar-refractivity contribution is 5.59.